The zero-order chi connectivity index (χ0) is 20.0. The van der Waals surface area contributed by atoms with E-state index in [1.165, 1.54) is 19.2 Å². The van der Waals surface area contributed by atoms with Crippen molar-refractivity contribution in [2.75, 3.05) is 7.11 Å². The van der Waals surface area contributed by atoms with Gasteiger partial charge in [0, 0.05) is 23.5 Å². The van der Waals surface area contributed by atoms with Crippen molar-refractivity contribution in [3.8, 4) is 0 Å². The molecule has 0 fully saturated rings. The molecule has 0 amide bonds. The maximum absolute atomic E-state index is 13.7. The van der Waals surface area contributed by atoms with E-state index in [0.29, 0.717) is 10.9 Å². The second kappa shape index (κ2) is 6.91. The van der Waals surface area contributed by atoms with Crippen molar-refractivity contribution >= 4 is 25.2 Å². The minimum absolute atomic E-state index is 0.0513. The van der Waals surface area contributed by atoms with E-state index in [-0.39, 0.29) is 23.0 Å². The van der Waals surface area contributed by atoms with E-state index in [1.807, 2.05) is 4.57 Å². The highest BCUT2D eigenvalue weighted by Crippen LogP contribution is 2.40. The smallest absolute Gasteiger partial charge is 0.340 e. The molecule has 1 aliphatic carbocycles. The highest BCUT2D eigenvalue weighted by atomic mass is 28.4. The summed E-state index contributed by atoms with van der Waals surface area (Å²) in [4.78, 5) is 12.1. The first-order valence-corrected chi connectivity index (χ1v) is 12.2. The summed E-state index contributed by atoms with van der Waals surface area (Å²) >= 11 is 0. The summed E-state index contributed by atoms with van der Waals surface area (Å²) in [5.74, 6) is -0.827. The van der Waals surface area contributed by atoms with Gasteiger partial charge in [0.25, 0.3) is 0 Å². The fourth-order valence-electron chi connectivity index (χ4n) is 3.27. The third-order valence-electron chi connectivity index (χ3n) is 5.83. The third-order valence-corrected chi connectivity index (χ3v) is 10.3. The number of aromatic nitrogens is 1. The molecule has 2 atom stereocenters. The number of allylic oxidation sites excluding steroid dienone is 1. The lowest BCUT2D eigenvalue weighted by Gasteiger charge is -2.38. The van der Waals surface area contributed by atoms with Crippen LogP contribution < -0.4 is 0 Å². The molecule has 0 saturated carbocycles. The fraction of sp³-hybridized carbons (Fsp3) is 0.476. The lowest BCUT2D eigenvalue weighted by molar-refractivity contribution is 0.0602. The number of esters is 1. The number of fused-ring (bicyclic) bond motifs is 1. The minimum Gasteiger partial charge on any atom is -0.465 e. The molecule has 0 bridgehead atoms. The van der Waals surface area contributed by atoms with Crippen LogP contribution in [0.1, 0.15) is 43.6 Å². The topological polar surface area (TPSA) is 40.5 Å². The Balaban J connectivity index is 1.89. The van der Waals surface area contributed by atoms with Crippen LogP contribution in [0.3, 0.4) is 0 Å². The van der Waals surface area contributed by atoms with Gasteiger partial charge in [-0.05, 0) is 36.3 Å². The molecule has 0 saturated heterocycles. The van der Waals surface area contributed by atoms with Crippen LogP contribution >= 0.6 is 0 Å². The molecule has 4 nitrogen and oxygen atoms in total. The highest BCUT2D eigenvalue weighted by molar-refractivity contribution is 6.74. The van der Waals surface area contributed by atoms with Gasteiger partial charge in [-0.15, -0.1) is 0 Å². The number of rotatable bonds is 4. The van der Waals surface area contributed by atoms with Crippen LogP contribution in [0.4, 0.5) is 4.39 Å². The summed E-state index contributed by atoms with van der Waals surface area (Å²) in [6.45, 7) is 11.2. The van der Waals surface area contributed by atoms with Crippen LogP contribution in [-0.4, -0.2) is 32.1 Å². The largest absolute Gasteiger partial charge is 0.465 e. The molecule has 0 N–H and O–H groups in total. The van der Waals surface area contributed by atoms with E-state index in [1.54, 1.807) is 12.3 Å². The van der Waals surface area contributed by atoms with Gasteiger partial charge in [-0.1, -0.05) is 32.9 Å². The molecule has 1 heterocycles. The molecule has 1 aromatic heterocycles. The zero-order valence-electron chi connectivity index (χ0n) is 16.9. The van der Waals surface area contributed by atoms with Gasteiger partial charge in [0.05, 0.1) is 24.8 Å². The summed E-state index contributed by atoms with van der Waals surface area (Å²) in [6.07, 6.45) is 6.84. The first-order chi connectivity index (χ1) is 12.5. The van der Waals surface area contributed by atoms with E-state index >= 15 is 0 Å². The standard InChI is InChI=1S/C21H28FNO3Si/c1-21(2,3)27(5,6)26-16-9-8-15(12-16)23-13-18(20(24)25-4)17-11-14(22)7-10-19(17)23/h7-11,13,15-16H,12H2,1-6H3/t15-,16+/m0/s1. The van der Waals surface area contributed by atoms with Crippen molar-refractivity contribution < 1.29 is 18.3 Å². The first kappa shape index (κ1) is 19.8. The SMILES string of the molecule is COC(=O)c1cn([C@H]2C=C[C@@H](O[Si](C)(C)C(C)(C)C)C2)c2ccc(F)cc12. The summed E-state index contributed by atoms with van der Waals surface area (Å²) < 4.78 is 27.1. The second-order valence-corrected chi connectivity index (χ2v) is 13.5. The van der Waals surface area contributed by atoms with Crippen LogP contribution in [-0.2, 0) is 9.16 Å². The van der Waals surface area contributed by atoms with E-state index in [4.69, 9.17) is 9.16 Å². The Morgan fingerprint density at radius 2 is 1.96 bits per heavy atom. The van der Waals surface area contributed by atoms with Crippen molar-refractivity contribution in [3.05, 3.63) is 47.9 Å². The average Bonchev–Trinajstić information content (AvgIpc) is 3.16. The van der Waals surface area contributed by atoms with Crippen LogP contribution in [0.25, 0.3) is 10.9 Å². The Kier molecular flexibility index (Phi) is 5.07. The number of benzene rings is 1. The quantitative estimate of drug-likeness (QED) is 0.396. The molecule has 146 valence electrons. The molecule has 0 aliphatic heterocycles. The van der Waals surface area contributed by atoms with Crippen molar-refractivity contribution in [2.24, 2.45) is 0 Å². The van der Waals surface area contributed by atoms with Gasteiger partial charge in [-0.2, -0.15) is 0 Å². The normalized spacial score (nSPS) is 20.4. The predicted molar refractivity (Wildman–Crippen MR) is 108 cm³/mol. The maximum atomic E-state index is 13.7. The van der Waals surface area contributed by atoms with Crippen molar-refractivity contribution in [1.29, 1.82) is 0 Å². The summed E-state index contributed by atoms with van der Waals surface area (Å²) in [5, 5.41) is 0.721. The average molecular weight is 390 g/mol. The van der Waals surface area contributed by atoms with Crippen LogP contribution in [0, 0.1) is 5.82 Å². The van der Waals surface area contributed by atoms with Crippen LogP contribution in [0.2, 0.25) is 18.1 Å². The number of hydrogen-bond acceptors (Lipinski definition) is 3. The zero-order valence-corrected chi connectivity index (χ0v) is 17.9. The third kappa shape index (κ3) is 3.73. The molecule has 6 heteroatoms. The number of halogens is 1. The van der Waals surface area contributed by atoms with Gasteiger partial charge in [-0.3, -0.25) is 0 Å². The van der Waals surface area contributed by atoms with Crippen LogP contribution in [0.5, 0.6) is 0 Å². The lowest BCUT2D eigenvalue weighted by atomic mass is 10.1. The maximum Gasteiger partial charge on any atom is 0.340 e. The molecule has 2 aromatic rings. The summed E-state index contributed by atoms with van der Waals surface area (Å²) in [7, 11) is -0.528. The molecule has 27 heavy (non-hydrogen) atoms. The van der Waals surface area contributed by atoms with Crippen molar-refractivity contribution in [2.45, 2.75) is 57.5 Å². The summed E-state index contributed by atoms with van der Waals surface area (Å²) in [6, 6.07) is 4.58. The Labute approximate surface area is 161 Å². The molecular weight excluding hydrogens is 361 g/mol. The van der Waals surface area contributed by atoms with Crippen molar-refractivity contribution in [1.82, 2.24) is 4.57 Å². The van der Waals surface area contributed by atoms with Crippen LogP contribution in [0.15, 0.2) is 36.5 Å². The van der Waals surface area contributed by atoms with Crippen molar-refractivity contribution in [3.63, 3.8) is 0 Å². The summed E-state index contributed by atoms with van der Waals surface area (Å²) in [5.41, 5.74) is 1.20. The monoisotopic (exact) mass is 389 g/mol. The van der Waals surface area contributed by atoms with Gasteiger partial charge < -0.3 is 13.7 Å². The predicted octanol–water partition coefficient (Wildman–Crippen LogP) is 5.46. The first-order valence-electron chi connectivity index (χ1n) is 9.28. The van der Waals surface area contributed by atoms with Gasteiger partial charge in [0.2, 0.25) is 0 Å². The molecule has 0 spiro atoms. The van der Waals surface area contributed by atoms with E-state index in [2.05, 4.69) is 46.0 Å². The number of methoxy groups -OCH3 is 1. The van der Waals surface area contributed by atoms with E-state index < -0.39 is 14.3 Å². The van der Waals surface area contributed by atoms with Gasteiger partial charge in [0.1, 0.15) is 5.82 Å². The number of nitrogens with zero attached hydrogens (tertiary/aromatic N) is 1. The number of carbonyl (C=O) groups is 1. The number of ether oxygens (including phenoxy) is 1. The van der Waals surface area contributed by atoms with Gasteiger partial charge in [0.15, 0.2) is 8.32 Å². The Morgan fingerprint density at radius 1 is 1.26 bits per heavy atom. The van der Waals surface area contributed by atoms with E-state index in [9.17, 15) is 9.18 Å². The second-order valence-electron chi connectivity index (χ2n) is 8.71. The number of carbonyl (C=O) groups excluding carboxylic acids is 1. The molecule has 3 rings (SSSR count). The molecular formula is C21H28FNO3Si. The van der Waals surface area contributed by atoms with E-state index in [0.717, 1.165) is 11.9 Å². The molecule has 1 aliphatic rings. The van der Waals surface area contributed by atoms with Gasteiger partial charge >= 0.3 is 5.97 Å². The van der Waals surface area contributed by atoms with Gasteiger partial charge in [-0.25, -0.2) is 9.18 Å². The highest BCUT2D eigenvalue weighted by Gasteiger charge is 2.40. The molecule has 1 aromatic carbocycles. The minimum atomic E-state index is -1.86. The molecule has 0 radical (unpaired) electrons. The Hall–Kier alpha value is -1.92. The lowest BCUT2D eigenvalue weighted by Crippen LogP contribution is -2.43. The fourth-order valence-corrected chi connectivity index (χ4v) is 4.56. The number of hydrogen-bond donors (Lipinski definition) is 0. The Morgan fingerprint density at radius 3 is 2.59 bits per heavy atom. The Bertz CT molecular complexity index is 895. The molecule has 0 unspecified atom stereocenters.